The van der Waals surface area contributed by atoms with Gasteiger partial charge in [0.1, 0.15) is 5.75 Å². The second-order valence-electron chi connectivity index (χ2n) is 6.11. The Bertz CT molecular complexity index is 1120. The van der Waals surface area contributed by atoms with Gasteiger partial charge in [-0.3, -0.25) is 4.79 Å². The Morgan fingerprint density at radius 1 is 1.04 bits per heavy atom. The lowest BCUT2D eigenvalue weighted by Gasteiger charge is -2.10. The number of rotatable bonds is 3. The van der Waals surface area contributed by atoms with Crippen LogP contribution in [-0.2, 0) is 4.79 Å². The minimum absolute atomic E-state index is 0.128. The number of aromatic hydroxyl groups is 1. The van der Waals surface area contributed by atoms with Crippen LogP contribution < -0.4 is 14.8 Å². The first-order chi connectivity index (χ1) is 13.0. The Balaban J connectivity index is 1.91. The molecule has 0 saturated carbocycles. The highest BCUT2D eigenvalue weighted by atomic mass is 79.9. The number of phenolic OH excluding ortho intramolecular Hbond substituents is 1. The van der Waals surface area contributed by atoms with Crippen molar-refractivity contribution >= 4 is 49.9 Å². The van der Waals surface area contributed by atoms with Crippen LogP contribution in [0.1, 0.15) is 11.1 Å². The summed E-state index contributed by atoms with van der Waals surface area (Å²) in [4.78, 5) is 12.5. The van der Waals surface area contributed by atoms with Crippen LogP contribution >= 0.6 is 15.9 Å². The molecule has 3 aromatic carbocycles. The van der Waals surface area contributed by atoms with E-state index >= 15 is 0 Å². The lowest BCUT2D eigenvalue weighted by Crippen LogP contribution is -2.03. The maximum Gasteiger partial charge on any atom is 0.256 e. The summed E-state index contributed by atoms with van der Waals surface area (Å²) in [5.74, 6) is 0.948. The summed E-state index contributed by atoms with van der Waals surface area (Å²) in [6.45, 7) is 0. The number of carbonyl (C=O) groups excluding carboxylic acids is 1. The van der Waals surface area contributed by atoms with Crippen LogP contribution in [0, 0.1) is 0 Å². The third-order valence-corrected chi connectivity index (χ3v) is 5.26. The third-order valence-electron chi connectivity index (χ3n) is 4.60. The van der Waals surface area contributed by atoms with E-state index in [0.29, 0.717) is 39.3 Å². The number of fused-ring (bicyclic) bond motifs is 2. The summed E-state index contributed by atoms with van der Waals surface area (Å²) in [5, 5.41) is 15.2. The van der Waals surface area contributed by atoms with E-state index in [0.717, 1.165) is 9.86 Å². The highest BCUT2D eigenvalue weighted by Crippen LogP contribution is 2.43. The summed E-state index contributed by atoms with van der Waals surface area (Å²) in [6, 6.07) is 12.8. The van der Waals surface area contributed by atoms with E-state index in [1.54, 1.807) is 38.5 Å². The van der Waals surface area contributed by atoms with Crippen LogP contribution in [0.15, 0.2) is 46.9 Å². The molecule has 0 saturated heterocycles. The number of carbonyl (C=O) groups is 1. The highest BCUT2D eigenvalue weighted by Gasteiger charge is 2.27. The fourth-order valence-electron chi connectivity index (χ4n) is 3.26. The quantitative estimate of drug-likeness (QED) is 0.590. The molecule has 1 heterocycles. The smallest absolute Gasteiger partial charge is 0.256 e. The van der Waals surface area contributed by atoms with Gasteiger partial charge >= 0.3 is 0 Å². The number of hydrogen-bond donors (Lipinski definition) is 2. The molecule has 0 radical (unpaired) electrons. The Kier molecular flexibility index (Phi) is 4.28. The van der Waals surface area contributed by atoms with Crippen LogP contribution in [0.3, 0.4) is 0 Å². The van der Waals surface area contributed by atoms with Crippen molar-refractivity contribution in [1.29, 1.82) is 0 Å². The van der Waals surface area contributed by atoms with E-state index in [-0.39, 0.29) is 11.7 Å². The number of anilines is 1. The van der Waals surface area contributed by atoms with Crippen molar-refractivity contribution in [1.82, 2.24) is 0 Å². The molecule has 4 rings (SSSR count). The summed E-state index contributed by atoms with van der Waals surface area (Å²) >= 11 is 3.54. The minimum Gasteiger partial charge on any atom is -0.507 e. The topological polar surface area (TPSA) is 67.8 Å². The maximum absolute atomic E-state index is 12.5. The van der Waals surface area contributed by atoms with Gasteiger partial charge in [0.05, 0.1) is 19.9 Å². The number of ether oxygens (including phenoxy) is 2. The molecule has 1 aliphatic rings. The van der Waals surface area contributed by atoms with Crippen molar-refractivity contribution in [2.75, 3.05) is 19.5 Å². The van der Waals surface area contributed by atoms with Gasteiger partial charge in [0.15, 0.2) is 11.5 Å². The van der Waals surface area contributed by atoms with Crippen LogP contribution in [0.25, 0.3) is 22.4 Å². The summed E-state index contributed by atoms with van der Waals surface area (Å²) in [5.41, 5.74) is 2.33. The van der Waals surface area contributed by atoms with Crippen molar-refractivity contribution in [2.45, 2.75) is 0 Å². The normalized spacial score (nSPS) is 14.3. The molecule has 2 N–H and O–H groups in total. The van der Waals surface area contributed by atoms with Crippen LogP contribution in [0.2, 0.25) is 0 Å². The van der Waals surface area contributed by atoms with E-state index in [1.165, 1.54) is 0 Å². The predicted molar refractivity (Wildman–Crippen MR) is 109 cm³/mol. The van der Waals surface area contributed by atoms with E-state index in [9.17, 15) is 9.90 Å². The molecule has 27 heavy (non-hydrogen) atoms. The van der Waals surface area contributed by atoms with E-state index in [4.69, 9.17) is 9.47 Å². The molecule has 0 bridgehead atoms. The highest BCUT2D eigenvalue weighted by molar-refractivity contribution is 9.10. The maximum atomic E-state index is 12.5. The second kappa shape index (κ2) is 6.63. The Morgan fingerprint density at radius 2 is 1.70 bits per heavy atom. The first kappa shape index (κ1) is 17.4. The first-order valence-electron chi connectivity index (χ1n) is 8.23. The molecule has 0 atom stereocenters. The standard InChI is InChI=1S/C21H16BrNO4/c1-26-18-9-14-15(21(25)23-17(14)10-19(18)27-2)7-11-8-16(22)12-5-3-4-6-13(12)20(11)24/h3-10,24H,1-2H3,(H,23,25). The predicted octanol–water partition coefficient (Wildman–Crippen LogP) is 4.82. The van der Waals surface area contributed by atoms with Gasteiger partial charge in [0.2, 0.25) is 0 Å². The largest absolute Gasteiger partial charge is 0.507 e. The SMILES string of the molecule is COc1cc2c(cc1OC)C(=Cc1cc(Br)c3ccccc3c1O)C(=O)N2. The van der Waals surface area contributed by atoms with Gasteiger partial charge in [0.25, 0.3) is 5.91 Å². The van der Waals surface area contributed by atoms with Crippen LogP contribution in [0.4, 0.5) is 5.69 Å². The summed E-state index contributed by atoms with van der Waals surface area (Å²) < 4.78 is 11.5. The van der Waals surface area contributed by atoms with Crippen molar-refractivity contribution in [3.05, 3.63) is 58.1 Å². The van der Waals surface area contributed by atoms with Crippen LogP contribution in [-0.4, -0.2) is 25.2 Å². The number of nitrogens with one attached hydrogen (secondary N) is 1. The van der Waals surface area contributed by atoms with Gasteiger partial charge in [-0.1, -0.05) is 40.2 Å². The molecule has 0 aliphatic carbocycles. The number of phenols is 1. The summed E-state index contributed by atoms with van der Waals surface area (Å²) in [7, 11) is 3.09. The molecule has 0 unspecified atom stereocenters. The molecule has 1 amide bonds. The number of benzene rings is 3. The van der Waals surface area contributed by atoms with E-state index < -0.39 is 0 Å². The Labute approximate surface area is 164 Å². The van der Waals surface area contributed by atoms with Gasteiger partial charge < -0.3 is 19.9 Å². The Hall–Kier alpha value is -2.99. The fraction of sp³-hybridized carbons (Fsp3) is 0.0952. The molecule has 1 aliphatic heterocycles. The third kappa shape index (κ3) is 2.82. The number of halogens is 1. The van der Waals surface area contributed by atoms with Gasteiger partial charge in [-0.15, -0.1) is 0 Å². The minimum atomic E-state index is -0.246. The van der Waals surface area contributed by atoms with Crippen molar-refractivity contribution in [2.24, 2.45) is 0 Å². The fourth-order valence-corrected chi connectivity index (χ4v) is 3.85. The first-order valence-corrected chi connectivity index (χ1v) is 9.02. The lowest BCUT2D eigenvalue weighted by atomic mass is 10.00. The molecule has 6 heteroatoms. The molecule has 0 aromatic heterocycles. The second-order valence-corrected chi connectivity index (χ2v) is 6.96. The molecule has 136 valence electrons. The Morgan fingerprint density at radius 3 is 2.41 bits per heavy atom. The van der Waals surface area contributed by atoms with Crippen LogP contribution in [0.5, 0.6) is 17.2 Å². The molecule has 3 aromatic rings. The van der Waals surface area contributed by atoms with Gasteiger partial charge in [-0.25, -0.2) is 0 Å². The zero-order chi connectivity index (χ0) is 19.1. The zero-order valence-corrected chi connectivity index (χ0v) is 16.3. The lowest BCUT2D eigenvalue weighted by molar-refractivity contribution is -0.110. The molecular weight excluding hydrogens is 410 g/mol. The zero-order valence-electron chi connectivity index (χ0n) is 14.7. The van der Waals surface area contributed by atoms with Crippen molar-refractivity contribution in [3.63, 3.8) is 0 Å². The monoisotopic (exact) mass is 425 g/mol. The number of methoxy groups -OCH3 is 2. The molecule has 5 nitrogen and oxygen atoms in total. The molecule has 0 spiro atoms. The average molecular weight is 426 g/mol. The number of amides is 1. The van der Waals surface area contributed by atoms with Crippen molar-refractivity contribution < 1.29 is 19.4 Å². The number of hydrogen-bond acceptors (Lipinski definition) is 4. The molecular formula is C21H16BrNO4. The van der Waals surface area contributed by atoms with E-state index in [1.807, 2.05) is 24.3 Å². The van der Waals surface area contributed by atoms with Gasteiger partial charge in [-0.05, 0) is 23.6 Å². The van der Waals surface area contributed by atoms with Crippen molar-refractivity contribution in [3.8, 4) is 17.2 Å². The summed E-state index contributed by atoms with van der Waals surface area (Å²) in [6.07, 6.45) is 1.68. The van der Waals surface area contributed by atoms with E-state index in [2.05, 4.69) is 21.2 Å². The van der Waals surface area contributed by atoms with Gasteiger partial charge in [-0.2, -0.15) is 0 Å². The van der Waals surface area contributed by atoms with Gasteiger partial charge in [0, 0.05) is 32.6 Å². The molecule has 0 fully saturated rings. The average Bonchev–Trinajstić information content (AvgIpc) is 2.99.